The molecular formula is C30H28N2O5S. The maximum Gasteiger partial charge on any atom is 0.301 e. The number of aliphatic hydroxyl groups is 1. The van der Waals surface area contributed by atoms with Crippen LogP contribution < -0.4 is 14.4 Å². The minimum Gasteiger partial charge on any atom is -0.507 e. The molecule has 1 atom stereocenters. The van der Waals surface area contributed by atoms with Crippen LogP contribution >= 0.6 is 11.3 Å². The summed E-state index contributed by atoms with van der Waals surface area (Å²) in [7, 11) is 1.59. The van der Waals surface area contributed by atoms with Crippen LogP contribution in [-0.4, -0.2) is 35.5 Å². The van der Waals surface area contributed by atoms with Gasteiger partial charge in [0.25, 0.3) is 5.78 Å². The first-order valence-electron chi connectivity index (χ1n) is 12.5. The van der Waals surface area contributed by atoms with Crippen molar-refractivity contribution in [1.29, 1.82) is 0 Å². The third-order valence-electron chi connectivity index (χ3n) is 6.54. The second-order valence-corrected chi connectivity index (χ2v) is 9.98. The highest BCUT2D eigenvalue weighted by Crippen LogP contribution is 2.44. The SMILES string of the molecule is CCCOc1ccc(C(O)=C2C(=O)C(=O)N(c3nc4ccc(OC)cc4s3)C2c2ccc(CC)cc2)cc1. The van der Waals surface area contributed by atoms with Gasteiger partial charge in [-0.1, -0.05) is 49.4 Å². The van der Waals surface area contributed by atoms with Gasteiger partial charge in [-0.3, -0.25) is 14.5 Å². The molecule has 7 nitrogen and oxygen atoms in total. The summed E-state index contributed by atoms with van der Waals surface area (Å²) in [5.74, 6) is -0.381. The van der Waals surface area contributed by atoms with E-state index in [-0.39, 0.29) is 11.3 Å². The molecule has 8 heteroatoms. The lowest BCUT2D eigenvalue weighted by Gasteiger charge is -2.23. The number of aromatic nitrogens is 1. The van der Waals surface area contributed by atoms with Crippen LogP contribution in [-0.2, 0) is 16.0 Å². The summed E-state index contributed by atoms with van der Waals surface area (Å²) in [4.78, 5) is 33.0. The van der Waals surface area contributed by atoms with Gasteiger partial charge in [0.1, 0.15) is 17.3 Å². The van der Waals surface area contributed by atoms with Crippen molar-refractivity contribution in [2.24, 2.45) is 0 Å². The van der Waals surface area contributed by atoms with Crippen molar-refractivity contribution in [2.45, 2.75) is 32.7 Å². The van der Waals surface area contributed by atoms with Crippen LogP contribution in [0.1, 0.15) is 43.0 Å². The summed E-state index contributed by atoms with van der Waals surface area (Å²) < 4.78 is 11.8. The Morgan fingerprint density at radius 1 is 1.00 bits per heavy atom. The molecule has 0 radical (unpaired) electrons. The van der Waals surface area contributed by atoms with E-state index >= 15 is 0 Å². The van der Waals surface area contributed by atoms with E-state index in [0.717, 1.165) is 23.1 Å². The summed E-state index contributed by atoms with van der Waals surface area (Å²) >= 11 is 1.30. The number of hydrogen-bond donors (Lipinski definition) is 1. The van der Waals surface area contributed by atoms with Crippen LogP contribution in [0.25, 0.3) is 16.0 Å². The molecule has 1 aromatic heterocycles. The van der Waals surface area contributed by atoms with Crippen molar-refractivity contribution in [3.8, 4) is 11.5 Å². The maximum atomic E-state index is 13.5. The van der Waals surface area contributed by atoms with Crippen LogP contribution in [0.15, 0.2) is 72.3 Å². The van der Waals surface area contributed by atoms with Crippen LogP contribution in [0.4, 0.5) is 5.13 Å². The van der Waals surface area contributed by atoms with Gasteiger partial charge in [0, 0.05) is 5.56 Å². The number of nitrogens with zero attached hydrogens (tertiary/aromatic N) is 2. The van der Waals surface area contributed by atoms with Crippen LogP contribution in [0.3, 0.4) is 0 Å². The number of Topliss-reactive ketones (excluding diaryl/α,β-unsaturated/α-hetero) is 1. The molecule has 194 valence electrons. The normalized spacial score (nSPS) is 16.8. The molecule has 0 saturated carbocycles. The van der Waals surface area contributed by atoms with E-state index in [1.54, 1.807) is 37.4 Å². The molecule has 4 aromatic rings. The van der Waals surface area contributed by atoms with Gasteiger partial charge in [0.05, 0.1) is 35.5 Å². The molecule has 3 aromatic carbocycles. The molecule has 38 heavy (non-hydrogen) atoms. The predicted octanol–water partition coefficient (Wildman–Crippen LogP) is 6.28. The highest BCUT2D eigenvalue weighted by molar-refractivity contribution is 7.22. The van der Waals surface area contributed by atoms with Gasteiger partial charge in [0.15, 0.2) is 5.13 Å². The highest BCUT2D eigenvalue weighted by Gasteiger charge is 2.48. The summed E-state index contributed by atoms with van der Waals surface area (Å²) in [6.45, 7) is 4.66. The number of fused-ring (bicyclic) bond motifs is 1. The van der Waals surface area contributed by atoms with Gasteiger partial charge in [-0.25, -0.2) is 4.98 Å². The van der Waals surface area contributed by atoms with Gasteiger partial charge in [-0.2, -0.15) is 0 Å². The van der Waals surface area contributed by atoms with E-state index in [2.05, 4.69) is 11.9 Å². The molecule has 1 unspecified atom stereocenters. The Kier molecular flexibility index (Phi) is 7.15. The summed E-state index contributed by atoms with van der Waals surface area (Å²) in [6.07, 6.45) is 1.73. The molecular weight excluding hydrogens is 500 g/mol. The minimum absolute atomic E-state index is 0.0262. The van der Waals surface area contributed by atoms with Gasteiger partial charge >= 0.3 is 5.91 Å². The van der Waals surface area contributed by atoms with Gasteiger partial charge in [-0.05, 0) is 66.4 Å². The van der Waals surface area contributed by atoms with E-state index in [0.29, 0.717) is 39.9 Å². The number of benzene rings is 3. The monoisotopic (exact) mass is 528 g/mol. The number of aryl methyl sites for hydroxylation is 1. The fourth-order valence-corrected chi connectivity index (χ4v) is 5.51. The van der Waals surface area contributed by atoms with Crippen molar-refractivity contribution in [3.05, 3.63) is 89.0 Å². The molecule has 5 rings (SSSR count). The van der Waals surface area contributed by atoms with Crippen molar-refractivity contribution >= 4 is 44.1 Å². The van der Waals surface area contributed by atoms with Crippen LogP contribution in [0.2, 0.25) is 0 Å². The number of rotatable bonds is 8. The van der Waals surface area contributed by atoms with Gasteiger partial charge in [-0.15, -0.1) is 0 Å². The van der Waals surface area contributed by atoms with E-state index in [1.807, 2.05) is 43.3 Å². The Balaban J connectivity index is 1.64. The molecule has 1 aliphatic rings. The average Bonchev–Trinajstić information content (AvgIpc) is 3.49. The largest absolute Gasteiger partial charge is 0.507 e. The lowest BCUT2D eigenvalue weighted by Crippen LogP contribution is -2.29. The molecule has 0 spiro atoms. The standard InChI is InChI=1S/C30H28N2O5S/c1-4-16-37-21-12-10-20(11-13-21)27(33)25-26(19-8-6-18(5-2)7-9-19)32(29(35)28(25)34)30-31-23-15-14-22(36-3)17-24(23)38-30/h6-15,17,26,33H,4-5,16H2,1-3H3. The predicted molar refractivity (Wildman–Crippen MR) is 149 cm³/mol. The minimum atomic E-state index is -0.834. The quantitative estimate of drug-likeness (QED) is 0.164. The zero-order chi connectivity index (χ0) is 26.8. The zero-order valence-corrected chi connectivity index (χ0v) is 22.2. The number of hydrogen-bond acceptors (Lipinski definition) is 7. The fraction of sp³-hybridized carbons (Fsp3) is 0.233. The number of ketones is 1. The van der Waals surface area contributed by atoms with E-state index in [9.17, 15) is 14.7 Å². The number of carbonyl (C=O) groups excluding carboxylic acids is 2. The topological polar surface area (TPSA) is 89.0 Å². The highest BCUT2D eigenvalue weighted by atomic mass is 32.1. The molecule has 1 saturated heterocycles. The first kappa shape index (κ1) is 25.5. The summed E-state index contributed by atoms with van der Waals surface area (Å²) in [5.41, 5.74) is 2.98. The number of methoxy groups -OCH3 is 1. The number of carbonyl (C=O) groups is 2. The van der Waals surface area contributed by atoms with E-state index in [1.165, 1.54) is 16.2 Å². The molecule has 0 bridgehead atoms. The third kappa shape index (κ3) is 4.63. The molecule has 1 N–H and O–H groups in total. The molecule has 1 aliphatic heterocycles. The number of aliphatic hydroxyl groups excluding tert-OH is 1. The Morgan fingerprint density at radius 2 is 1.71 bits per heavy atom. The summed E-state index contributed by atoms with van der Waals surface area (Å²) in [5, 5.41) is 11.8. The van der Waals surface area contributed by atoms with Crippen molar-refractivity contribution < 1.29 is 24.2 Å². The first-order valence-corrected chi connectivity index (χ1v) is 13.3. The van der Waals surface area contributed by atoms with E-state index < -0.39 is 17.7 Å². The lowest BCUT2D eigenvalue weighted by atomic mass is 9.94. The first-order chi connectivity index (χ1) is 18.4. The number of amides is 1. The Morgan fingerprint density at radius 3 is 2.37 bits per heavy atom. The number of anilines is 1. The van der Waals surface area contributed by atoms with Gasteiger partial charge in [0.2, 0.25) is 0 Å². The average molecular weight is 529 g/mol. The zero-order valence-electron chi connectivity index (χ0n) is 21.4. The second kappa shape index (κ2) is 10.7. The van der Waals surface area contributed by atoms with Crippen LogP contribution in [0.5, 0.6) is 11.5 Å². The number of thiazole rings is 1. The van der Waals surface area contributed by atoms with Crippen LogP contribution in [0, 0.1) is 0 Å². The second-order valence-electron chi connectivity index (χ2n) is 8.97. The third-order valence-corrected chi connectivity index (χ3v) is 7.56. The number of ether oxygens (including phenoxy) is 2. The van der Waals surface area contributed by atoms with Crippen molar-refractivity contribution in [3.63, 3.8) is 0 Å². The summed E-state index contributed by atoms with van der Waals surface area (Å²) in [6, 6.07) is 19.2. The Labute approximate surface area is 225 Å². The Hall–Kier alpha value is -4.17. The van der Waals surface area contributed by atoms with Crippen molar-refractivity contribution in [1.82, 2.24) is 4.98 Å². The smallest absolute Gasteiger partial charge is 0.301 e. The maximum absolute atomic E-state index is 13.5. The molecule has 2 heterocycles. The van der Waals surface area contributed by atoms with E-state index in [4.69, 9.17) is 9.47 Å². The molecule has 1 amide bonds. The van der Waals surface area contributed by atoms with Crippen molar-refractivity contribution in [2.75, 3.05) is 18.6 Å². The molecule has 0 aliphatic carbocycles. The Bertz CT molecular complexity index is 1520. The lowest BCUT2D eigenvalue weighted by molar-refractivity contribution is -0.132. The fourth-order valence-electron chi connectivity index (χ4n) is 4.49. The van der Waals surface area contributed by atoms with Gasteiger partial charge < -0.3 is 14.6 Å². The molecule has 1 fully saturated rings.